The van der Waals surface area contributed by atoms with E-state index in [0.717, 1.165) is 27.9 Å². The molecule has 0 amide bonds. The van der Waals surface area contributed by atoms with Crippen LogP contribution in [0.1, 0.15) is 11.1 Å². The van der Waals surface area contributed by atoms with E-state index in [9.17, 15) is 4.39 Å². The number of pyridine rings is 1. The molecule has 3 rings (SSSR count). The summed E-state index contributed by atoms with van der Waals surface area (Å²) in [5, 5.41) is 4.19. The molecule has 2 nitrogen and oxygen atoms in total. The smallest absolute Gasteiger partial charge is 0.128 e. The average molecular weight is 280 g/mol. The summed E-state index contributed by atoms with van der Waals surface area (Å²) in [7, 11) is 1.88. The fourth-order valence-corrected chi connectivity index (χ4v) is 2.69. The summed E-state index contributed by atoms with van der Waals surface area (Å²) in [4.78, 5) is 4.68. The molecule has 3 aromatic rings. The lowest BCUT2D eigenvalue weighted by Gasteiger charge is -2.15. The van der Waals surface area contributed by atoms with Crippen molar-refractivity contribution in [2.45, 2.75) is 13.8 Å². The molecule has 1 N–H and O–H groups in total. The number of benzene rings is 2. The number of rotatable bonds is 2. The maximum Gasteiger partial charge on any atom is 0.128 e. The van der Waals surface area contributed by atoms with Crippen LogP contribution in [0, 0.1) is 19.7 Å². The Morgan fingerprint density at radius 3 is 2.43 bits per heavy atom. The Kier molecular flexibility index (Phi) is 3.34. The molecule has 0 bridgehead atoms. The lowest BCUT2D eigenvalue weighted by molar-refractivity contribution is 0.620. The second kappa shape index (κ2) is 5.17. The highest BCUT2D eigenvalue weighted by Crippen LogP contribution is 2.34. The Hall–Kier alpha value is -2.42. The van der Waals surface area contributed by atoms with E-state index in [1.165, 1.54) is 6.07 Å². The number of hydrogen-bond acceptors (Lipinski definition) is 2. The molecular weight excluding hydrogens is 263 g/mol. The third-order valence-corrected chi connectivity index (χ3v) is 3.81. The van der Waals surface area contributed by atoms with Gasteiger partial charge < -0.3 is 5.32 Å². The molecule has 0 saturated carbocycles. The van der Waals surface area contributed by atoms with Gasteiger partial charge in [0.1, 0.15) is 5.82 Å². The molecule has 2 aromatic carbocycles. The molecular formula is C18H17FN2. The van der Waals surface area contributed by atoms with Crippen LogP contribution in [0.15, 0.2) is 42.5 Å². The number of fused-ring (bicyclic) bond motifs is 1. The summed E-state index contributed by atoms with van der Waals surface area (Å²) in [5.74, 6) is -0.222. The van der Waals surface area contributed by atoms with E-state index in [2.05, 4.69) is 10.3 Å². The molecule has 1 aromatic heterocycles. The molecule has 0 aliphatic carbocycles. The highest BCUT2D eigenvalue weighted by molar-refractivity contribution is 5.96. The Bertz CT molecular complexity index is 811. The first-order valence-electron chi connectivity index (χ1n) is 6.95. The van der Waals surface area contributed by atoms with Crippen LogP contribution in [-0.4, -0.2) is 12.0 Å². The zero-order valence-corrected chi connectivity index (χ0v) is 12.4. The van der Waals surface area contributed by atoms with E-state index >= 15 is 0 Å². The van der Waals surface area contributed by atoms with Gasteiger partial charge in [0, 0.05) is 29.8 Å². The number of halogens is 1. The maximum absolute atomic E-state index is 13.9. The van der Waals surface area contributed by atoms with E-state index in [4.69, 9.17) is 0 Å². The number of aryl methyl sites for hydroxylation is 1. The lowest BCUT2D eigenvalue weighted by atomic mass is 10.0. The topological polar surface area (TPSA) is 24.9 Å². The zero-order valence-electron chi connectivity index (χ0n) is 12.4. The molecule has 0 aliphatic heterocycles. The van der Waals surface area contributed by atoms with Crippen molar-refractivity contribution in [3.05, 3.63) is 59.4 Å². The minimum atomic E-state index is -0.222. The molecule has 0 radical (unpaired) electrons. The van der Waals surface area contributed by atoms with E-state index in [-0.39, 0.29) is 5.82 Å². The van der Waals surface area contributed by atoms with Crippen molar-refractivity contribution >= 4 is 16.6 Å². The summed E-state index contributed by atoms with van der Waals surface area (Å²) in [5.41, 5.74) is 5.30. The normalized spacial score (nSPS) is 10.9. The first-order chi connectivity index (χ1) is 10.1. The van der Waals surface area contributed by atoms with Gasteiger partial charge >= 0.3 is 0 Å². The summed E-state index contributed by atoms with van der Waals surface area (Å²) < 4.78 is 13.9. The quantitative estimate of drug-likeness (QED) is 0.736. The van der Waals surface area contributed by atoms with Crippen LogP contribution in [0.5, 0.6) is 0 Å². The Balaban J connectivity index is 2.38. The van der Waals surface area contributed by atoms with Gasteiger partial charge in [0.2, 0.25) is 0 Å². The van der Waals surface area contributed by atoms with Crippen LogP contribution in [0.2, 0.25) is 0 Å². The van der Waals surface area contributed by atoms with Crippen molar-refractivity contribution in [1.82, 2.24) is 4.98 Å². The summed E-state index contributed by atoms with van der Waals surface area (Å²) in [6.45, 7) is 3.81. The first kappa shape index (κ1) is 13.6. The van der Waals surface area contributed by atoms with Gasteiger partial charge in [-0.3, -0.25) is 0 Å². The summed E-state index contributed by atoms with van der Waals surface area (Å²) in [6, 6.07) is 13.3. The Labute approximate surface area is 123 Å². The summed E-state index contributed by atoms with van der Waals surface area (Å²) >= 11 is 0. The molecule has 106 valence electrons. The van der Waals surface area contributed by atoms with Gasteiger partial charge in [-0.15, -0.1) is 0 Å². The largest absolute Gasteiger partial charge is 0.387 e. The highest BCUT2D eigenvalue weighted by atomic mass is 19.1. The van der Waals surface area contributed by atoms with Gasteiger partial charge in [-0.1, -0.05) is 30.3 Å². The first-order valence-corrected chi connectivity index (χ1v) is 6.95. The fraction of sp³-hybridized carbons (Fsp3) is 0.167. The van der Waals surface area contributed by atoms with Crippen molar-refractivity contribution < 1.29 is 4.39 Å². The fourth-order valence-electron chi connectivity index (χ4n) is 2.69. The molecule has 0 unspecified atom stereocenters. The van der Waals surface area contributed by atoms with Crippen LogP contribution in [0.25, 0.3) is 22.2 Å². The molecule has 21 heavy (non-hydrogen) atoms. The van der Waals surface area contributed by atoms with Crippen molar-refractivity contribution in [2.75, 3.05) is 12.4 Å². The molecule has 0 aliphatic rings. The molecule has 0 atom stereocenters. The number of aromatic nitrogens is 1. The number of nitrogens with one attached hydrogen (secondary N) is 1. The van der Waals surface area contributed by atoms with Gasteiger partial charge in [0.15, 0.2) is 0 Å². The van der Waals surface area contributed by atoms with E-state index in [1.807, 2.05) is 50.4 Å². The molecule has 3 heteroatoms. The maximum atomic E-state index is 13.9. The molecule has 0 fully saturated rings. The number of nitrogens with zero attached hydrogens (tertiary/aromatic N) is 1. The lowest BCUT2D eigenvalue weighted by Crippen LogP contribution is -2.00. The number of hydrogen-bond donors (Lipinski definition) is 1. The van der Waals surface area contributed by atoms with Crippen molar-refractivity contribution in [1.29, 1.82) is 0 Å². The van der Waals surface area contributed by atoms with Crippen molar-refractivity contribution in [3.8, 4) is 11.3 Å². The molecule has 0 saturated heterocycles. The van der Waals surface area contributed by atoms with Crippen LogP contribution in [-0.2, 0) is 0 Å². The third-order valence-electron chi connectivity index (χ3n) is 3.81. The monoisotopic (exact) mass is 280 g/mol. The van der Waals surface area contributed by atoms with Crippen LogP contribution < -0.4 is 5.32 Å². The zero-order chi connectivity index (χ0) is 15.0. The minimum Gasteiger partial charge on any atom is -0.387 e. The van der Waals surface area contributed by atoms with Gasteiger partial charge in [-0.2, -0.15) is 0 Å². The van der Waals surface area contributed by atoms with Gasteiger partial charge in [0.25, 0.3) is 0 Å². The highest BCUT2D eigenvalue weighted by Gasteiger charge is 2.13. The van der Waals surface area contributed by atoms with Crippen LogP contribution in [0.3, 0.4) is 0 Å². The minimum absolute atomic E-state index is 0.222. The Morgan fingerprint density at radius 2 is 1.76 bits per heavy atom. The van der Waals surface area contributed by atoms with Crippen LogP contribution >= 0.6 is 0 Å². The SMILES string of the molecule is CNc1c(C)c(-c2ccccc2)nc2cc(F)c(C)cc12. The molecule has 1 heterocycles. The predicted octanol–water partition coefficient (Wildman–Crippen LogP) is 4.70. The second-order valence-electron chi connectivity index (χ2n) is 5.19. The van der Waals surface area contributed by atoms with E-state index in [1.54, 1.807) is 6.92 Å². The predicted molar refractivity (Wildman–Crippen MR) is 86.2 cm³/mol. The number of anilines is 1. The second-order valence-corrected chi connectivity index (χ2v) is 5.19. The molecule has 0 spiro atoms. The van der Waals surface area contributed by atoms with E-state index in [0.29, 0.717) is 11.1 Å². The van der Waals surface area contributed by atoms with Gasteiger partial charge in [-0.25, -0.2) is 9.37 Å². The Morgan fingerprint density at radius 1 is 1.05 bits per heavy atom. The van der Waals surface area contributed by atoms with E-state index < -0.39 is 0 Å². The summed E-state index contributed by atoms with van der Waals surface area (Å²) in [6.07, 6.45) is 0. The van der Waals surface area contributed by atoms with Crippen molar-refractivity contribution in [3.63, 3.8) is 0 Å². The average Bonchev–Trinajstić information content (AvgIpc) is 2.50. The standard InChI is InChI=1S/C18H17FN2/c1-11-9-14-16(10-15(11)19)21-17(12(2)18(14)20-3)13-7-5-4-6-8-13/h4-10H,1-3H3,(H,20,21). The van der Waals surface area contributed by atoms with Gasteiger partial charge in [0.05, 0.1) is 11.2 Å². The van der Waals surface area contributed by atoms with Crippen molar-refractivity contribution in [2.24, 2.45) is 0 Å². The van der Waals surface area contributed by atoms with Crippen LogP contribution in [0.4, 0.5) is 10.1 Å². The third kappa shape index (κ3) is 2.25. The van der Waals surface area contributed by atoms with Gasteiger partial charge in [-0.05, 0) is 31.0 Å².